The Balaban J connectivity index is 1.23. The average Bonchev–Trinajstić information content (AvgIpc) is 0.788. The Bertz CT molecular complexity index is 3800. The molecule has 1 saturated heterocycles. The number of rotatable bonds is 17. The molecule has 0 bridgehead atoms. The van der Waals surface area contributed by atoms with Crippen molar-refractivity contribution < 1.29 is 46.2 Å². The number of benzene rings is 8. The van der Waals surface area contributed by atoms with Crippen molar-refractivity contribution in [2.75, 3.05) is 0 Å². The Morgan fingerprint density at radius 2 is 0.841 bits per heavy atom. The minimum Gasteiger partial charge on any atom is -0.534 e. The summed E-state index contributed by atoms with van der Waals surface area (Å²) in [7, 11) is -10.2. The molecule has 5 atom stereocenters. The predicted octanol–water partition coefficient (Wildman–Crippen LogP) is 12.6. The van der Waals surface area contributed by atoms with Gasteiger partial charge in [-0.2, -0.15) is 0 Å². The highest BCUT2D eigenvalue weighted by molar-refractivity contribution is 7.01. The highest BCUT2D eigenvalue weighted by Crippen LogP contribution is 2.45. The molecule has 88 heavy (non-hydrogen) atoms. The van der Waals surface area contributed by atoms with Gasteiger partial charge in [0.15, 0.2) is 18.0 Å². The molecule has 0 amide bonds. The molecule has 2 heterocycles. The first-order valence-corrected chi connectivity index (χ1v) is 35.9. The van der Waals surface area contributed by atoms with E-state index in [0.29, 0.717) is 17.1 Å². The Morgan fingerprint density at radius 3 is 1.23 bits per heavy atom. The van der Waals surface area contributed by atoms with Crippen LogP contribution >= 0.6 is 0 Å². The first kappa shape index (κ1) is 62.9. The van der Waals surface area contributed by atoms with Crippen molar-refractivity contribution >= 4 is 79.0 Å². The van der Waals surface area contributed by atoms with Crippen LogP contribution in [0.4, 0.5) is 0 Å². The topological polar surface area (TPSA) is 129 Å². The van der Waals surface area contributed by atoms with Gasteiger partial charge in [-0.3, -0.25) is 14.4 Å². The van der Waals surface area contributed by atoms with Gasteiger partial charge in [0.25, 0.3) is 8.32 Å². The van der Waals surface area contributed by atoms with Crippen LogP contribution in [0.1, 0.15) is 88.6 Å². The van der Waals surface area contributed by atoms with Crippen molar-refractivity contribution in [1.82, 2.24) is 0 Å². The van der Waals surface area contributed by atoms with E-state index in [-0.39, 0.29) is 27.5 Å². The van der Waals surface area contributed by atoms with E-state index in [9.17, 15) is 9.59 Å². The number of aryl methyl sites for hydroxylation is 1. The maximum absolute atomic E-state index is 16.6. The first-order valence-electron chi connectivity index (χ1n) is 30.2. The highest BCUT2D eigenvalue weighted by atomic mass is 28.4. The first-order chi connectivity index (χ1) is 41.9. The number of esters is 2. The lowest BCUT2D eigenvalue weighted by Gasteiger charge is -2.50. The molecule has 1 aliphatic heterocycles. The molecule has 5 unspecified atom stereocenters. The van der Waals surface area contributed by atoms with Gasteiger partial charge >= 0.3 is 28.6 Å². The Morgan fingerprint density at radius 1 is 0.466 bits per heavy atom. The summed E-state index contributed by atoms with van der Waals surface area (Å²) in [4.78, 5) is 43.4. The van der Waals surface area contributed by atoms with Crippen LogP contribution in [0.2, 0.25) is 15.1 Å². The fraction of sp³-hybridized carbons (Fsp3) is 0.284. The number of hydrogen-bond acceptors (Lipinski definition) is 11. The van der Waals surface area contributed by atoms with Crippen LogP contribution in [0.15, 0.2) is 228 Å². The Labute approximate surface area is 520 Å². The molecular weight excluding hydrogens is 1150 g/mol. The second kappa shape index (κ2) is 25.2. The number of ether oxygens (including phenoxy) is 4. The third-order valence-electron chi connectivity index (χ3n) is 16.8. The maximum atomic E-state index is 16.6. The summed E-state index contributed by atoms with van der Waals surface area (Å²) in [5.74, 6) is -0.477. The number of hydrogen-bond donors (Lipinski definition) is 0. The van der Waals surface area contributed by atoms with E-state index in [0.717, 1.165) is 36.7 Å². The zero-order valence-electron chi connectivity index (χ0n) is 52.7. The minimum atomic E-state index is -3.65. The normalized spacial score (nSPS) is 17.6. The largest absolute Gasteiger partial charge is 0.534 e. The lowest BCUT2D eigenvalue weighted by atomic mass is 9.99. The van der Waals surface area contributed by atoms with Crippen LogP contribution in [-0.2, 0) is 28.2 Å². The lowest BCUT2D eigenvalue weighted by molar-refractivity contribution is -0.272. The monoisotopic (exact) mass is 1230 g/mol. The quantitative estimate of drug-likeness (QED) is 0.0638. The van der Waals surface area contributed by atoms with Gasteiger partial charge in [-0.15, -0.1) is 0 Å². The molecule has 1 aliphatic rings. The van der Waals surface area contributed by atoms with Crippen molar-refractivity contribution in [3.63, 3.8) is 0 Å². The van der Waals surface area contributed by atoms with Crippen molar-refractivity contribution in [2.45, 2.75) is 136 Å². The van der Waals surface area contributed by atoms with Gasteiger partial charge in [0.05, 0.1) is 6.10 Å². The molecule has 14 heteroatoms. The van der Waals surface area contributed by atoms with Gasteiger partial charge in [-0.1, -0.05) is 244 Å². The van der Waals surface area contributed by atoms with Crippen molar-refractivity contribution in [3.8, 4) is 28.6 Å². The summed E-state index contributed by atoms with van der Waals surface area (Å²) < 4.78 is 57.1. The summed E-state index contributed by atoms with van der Waals surface area (Å²) in [6.07, 6.45) is -6.33. The van der Waals surface area contributed by atoms with Gasteiger partial charge in [0.2, 0.25) is 17.5 Å². The molecule has 0 radical (unpaired) electrons. The second-order valence-corrected chi connectivity index (χ2v) is 38.7. The van der Waals surface area contributed by atoms with Crippen LogP contribution in [0.25, 0.3) is 22.3 Å². The van der Waals surface area contributed by atoms with Crippen LogP contribution in [0.5, 0.6) is 17.2 Å². The molecule has 0 saturated carbocycles. The number of fused-ring (bicyclic) bond motifs is 1. The van der Waals surface area contributed by atoms with Gasteiger partial charge < -0.3 is 36.6 Å². The lowest BCUT2D eigenvalue weighted by Crippen LogP contribution is -2.72. The van der Waals surface area contributed by atoms with Gasteiger partial charge in [-0.25, -0.2) is 0 Å². The van der Waals surface area contributed by atoms with Crippen molar-refractivity contribution in [3.05, 3.63) is 234 Å². The summed E-state index contributed by atoms with van der Waals surface area (Å²) >= 11 is 0. The minimum absolute atomic E-state index is 0.0862. The van der Waals surface area contributed by atoms with Gasteiger partial charge in [-0.05, 0) is 102 Å². The van der Waals surface area contributed by atoms with Crippen molar-refractivity contribution in [2.24, 2.45) is 0 Å². The summed E-state index contributed by atoms with van der Waals surface area (Å²) in [5, 5.41) is 4.73. The average molecular weight is 1230 g/mol. The Kier molecular flexibility index (Phi) is 18.0. The van der Waals surface area contributed by atoms with Crippen LogP contribution in [-0.4, -0.2) is 67.6 Å². The van der Waals surface area contributed by atoms with Crippen LogP contribution < -0.4 is 50.1 Å². The molecule has 1 fully saturated rings. The molecule has 0 aliphatic carbocycles. The maximum Gasteiger partial charge on any atom is 0.319 e. The molecule has 454 valence electrons. The molecule has 11 nitrogen and oxygen atoms in total. The fourth-order valence-electron chi connectivity index (χ4n) is 13.0. The summed E-state index contributed by atoms with van der Waals surface area (Å²) in [5.41, 5.74) is 0.991. The van der Waals surface area contributed by atoms with Crippen LogP contribution in [0, 0.1) is 6.92 Å². The highest BCUT2D eigenvalue weighted by Gasteiger charge is 2.59. The SMILES string of the molecule is CC(=O)OC1C(C)OC(Oc2c(-c3ccc(O[Si](c4ccccc4)(c4ccccc4)C(C)(C)C)cc3)oc3cc(C)cc(O[Si](c4ccccc4)(c4ccccc4)C(C)(C)C)c3c2=O)C(O[Si](c2ccccc2)(c2ccccc2)C(C)(C)C)C1OC(C)=O. The second-order valence-electron chi connectivity index (χ2n) is 26.0. The number of carbonyl (C=O) groups is 2. The van der Waals surface area contributed by atoms with Gasteiger partial charge in [0.1, 0.15) is 28.6 Å². The Hall–Kier alpha value is -8.12. The zero-order valence-corrected chi connectivity index (χ0v) is 55.7. The summed E-state index contributed by atoms with van der Waals surface area (Å²) in [6, 6.07) is 72.6. The molecular formula is C74H80O11Si3. The number of carbonyl (C=O) groups excluding carboxylic acids is 2. The van der Waals surface area contributed by atoms with E-state index in [2.05, 4.69) is 135 Å². The van der Waals surface area contributed by atoms with E-state index in [1.54, 1.807) is 6.92 Å². The molecule has 8 aromatic carbocycles. The van der Waals surface area contributed by atoms with E-state index in [1.807, 2.05) is 153 Å². The van der Waals surface area contributed by atoms with E-state index in [1.165, 1.54) is 13.8 Å². The zero-order chi connectivity index (χ0) is 62.8. The predicted molar refractivity (Wildman–Crippen MR) is 358 cm³/mol. The molecule has 9 aromatic rings. The third-order valence-corrected chi connectivity index (χ3v) is 31.8. The third kappa shape index (κ3) is 12.0. The van der Waals surface area contributed by atoms with Crippen molar-refractivity contribution in [1.29, 1.82) is 0 Å². The summed E-state index contributed by atoms with van der Waals surface area (Å²) in [6.45, 7) is 25.9. The van der Waals surface area contributed by atoms with Crippen LogP contribution in [0.3, 0.4) is 0 Å². The van der Waals surface area contributed by atoms with E-state index < -0.39 is 83.1 Å². The molecule has 0 spiro atoms. The molecule has 10 rings (SSSR count). The van der Waals surface area contributed by atoms with E-state index in [4.69, 9.17) is 36.6 Å². The van der Waals surface area contributed by atoms with Gasteiger partial charge in [0, 0.05) is 19.4 Å². The van der Waals surface area contributed by atoms with E-state index >= 15 is 4.79 Å². The smallest absolute Gasteiger partial charge is 0.319 e. The molecule has 1 aromatic heterocycles. The molecule has 0 N–H and O–H groups in total. The fourth-order valence-corrected chi connectivity index (χ4v) is 26.5. The standard InChI is InChI=1S/C74H80O11Si3/c1-50-48-62-64(63(49-50)84-87(73(8,9)10,58-36-24-16-25-37-58)59-38-26-17-27-39-59)65(77)68(67(81-62)54-44-46-55(47-45-54)83-86(72(5,6)7,56-32-20-14-21-33-56)57-34-22-15-23-35-57)82-71-70(69(80-53(4)76)66(51(2)78-71)79-52(3)75)85-88(74(11,12)13,60-40-28-18-29-41-60)61-42-30-19-31-43-61/h14-49,51,66,69-71H,1-13H3.